The second-order valence-corrected chi connectivity index (χ2v) is 12.7. The van der Waals surface area contributed by atoms with Crippen LogP contribution in [0.1, 0.15) is 45.9 Å². The van der Waals surface area contributed by atoms with Crippen LogP contribution in [-0.2, 0) is 9.47 Å². The van der Waals surface area contributed by atoms with E-state index in [0.29, 0.717) is 5.56 Å². The highest BCUT2D eigenvalue weighted by Gasteiger charge is 2.49. The third kappa shape index (κ3) is 5.86. The maximum atomic E-state index is 12.0. The van der Waals surface area contributed by atoms with Crippen molar-refractivity contribution in [2.24, 2.45) is 0 Å². The van der Waals surface area contributed by atoms with Crippen LogP contribution in [0.4, 0.5) is 0 Å². The minimum absolute atomic E-state index is 0.0697. The molecule has 1 saturated heterocycles. The minimum atomic E-state index is -1.81. The maximum Gasteiger partial charge on any atom is 0.274 e. The van der Waals surface area contributed by atoms with Crippen molar-refractivity contribution in [2.75, 3.05) is 6.61 Å². The van der Waals surface area contributed by atoms with Crippen LogP contribution in [0, 0.1) is 0 Å². The van der Waals surface area contributed by atoms with Gasteiger partial charge in [-0.15, -0.1) is 0 Å². The van der Waals surface area contributed by atoms with E-state index in [9.17, 15) is 61.3 Å². The zero-order valence-corrected chi connectivity index (χ0v) is 26.8. The van der Waals surface area contributed by atoms with Crippen LogP contribution in [0.15, 0.2) is 66.4 Å². The maximum absolute atomic E-state index is 12.0. The van der Waals surface area contributed by atoms with Crippen molar-refractivity contribution in [3.63, 3.8) is 0 Å². The summed E-state index contributed by atoms with van der Waals surface area (Å²) in [7, 11) is 0. The molecule has 7 rings (SSSR count). The van der Waals surface area contributed by atoms with Gasteiger partial charge >= 0.3 is 0 Å². The fourth-order valence-electron chi connectivity index (χ4n) is 6.83. The van der Waals surface area contributed by atoms with Crippen molar-refractivity contribution < 1.29 is 80.2 Å². The normalized spacial score (nSPS) is 28.1. The van der Waals surface area contributed by atoms with Gasteiger partial charge in [-0.25, -0.2) is 0 Å². The second-order valence-electron chi connectivity index (χ2n) is 12.7. The average molecular weight is 724 g/mol. The first-order valence-electron chi connectivity index (χ1n) is 16.0. The molecule has 9 atom stereocenters. The molecule has 0 aromatic heterocycles. The predicted molar refractivity (Wildman–Crippen MR) is 176 cm³/mol. The lowest BCUT2D eigenvalue weighted by Gasteiger charge is -2.41. The van der Waals surface area contributed by atoms with Gasteiger partial charge in [0.05, 0.1) is 18.1 Å². The molecule has 0 saturated carbocycles. The summed E-state index contributed by atoms with van der Waals surface area (Å²) in [6, 6.07) is 12.5. The van der Waals surface area contributed by atoms with E-state index in [2.05, 4.69) is 0 Å². The summed E-state index contributed by atoms with van der Waals surface area (Å²) in [5, 5.41) is 127. The molecular weight excluding hydrogens is 688 g/mol. The Labute approximate surface area is 293 Å². The topological polar surface area (TPSA) is 283 Å². The van der Waals surface area contributed by atoms with Crippen molar-refractivity contribution in [3.8, 4) is 51.7 Å². The average Bonchev–Trinajstić information content (AvgIpc) is 3.10. The van der Waals surface area contributed by atoms with Gasteiger partial charge in [0.15, 0.2) is 23.4 Å². The molecule has 4 aromatic carbocycles. The molecule has 0 bridgehead atoms. The van der Waals surface area contributed by atoms with Gasteiger partial charge in [0, 0.05) is 29.8 Å². The molecule has 13 N–H and O–H groups in total. The van der Waals surface area contributed by atoms with Crippen molar-refractivity contribution in [1.29, 1.82) is 0 Å². The predicted octanol–water partition coefficient (Wildman–Crippen LogP) is 1.41. The summed E-state index contributed by atoms with van der Waals surface area (Å²) in [6.45, 7) is -0.730. The number of aliphatic hydroxyl groups is 6. The Morgan fingerprint density at radius 3 is 2.02 bits per heavy atom. The number of rotatable bonds is 6. The number of phenolic OH excluding ortho intramolecular Hbond substituents is 7. The molecule has 3 heterocycles. The molecule has 4 aromatic rings. The van der Waals surface area contributed by atoms with Gasteiger partial charge in [-0.1, -0.05) is 6.07 Å². The second kappa shape index (κ2) is 13.2. The molecule has 0 amide bonds. The molecule has 1 fully saturated rings. The summed E-state index contributed by atoms with van der Waals surface area (Å²) < 4.78 is 22.4. The van der Waals surface area contributed by atoms with Crippen molar-refractivity contribution in [1.82, 2.24) is 0 Å². The van der Waals surface area contributed by atoms with Crippen LogP contribution < -0.4 is 4.74 Å². The molecule has 16 nitrogen and oxygen atoms in total. The third-order valence-electron chi connectivity index (χ3n) is 9.42. The van der Waals surface area contributed by atoms with Crippen LogP contribution in [0.2, 0.25) is 0 Å². The zero-order valence-electron chi connectivity index (χ0n) is 26.8. The van der Waals surface area contributed by atoms with Crippen LogP contribution in [0.25, 0.3) is 6.08 Å². The van der Waals surface area contributed by atoms with E-state index in [1.54, 1.807) is 0 Å². The Balaban J connectivity index is 1.40. The van der Waals surface area contributed by atoms with Crippen LogP contribution in [0.5, 0.6) is 51.7 Å². The molecule has 0 aliphatic carbocycles. The van der Waals surface area contributed by atoms with Gasteiger partial charge < -0.3 is 80.2 Å². The number of ether oxygens (including phenoxy) is 4. The van der Waals surface area contributed by atoms with Gasteiger partial charge in [-0.2, -0.15) is 0 Å². The molecule has 3 aliphatic rings. The van der Waals surface area contributed by atoms with Gasteiger partial charge in [-0.3, -0.25) is 0 Å². The van der Waals surface area contributed by atoms with Crippen LogP contribution >= 0.6 is 0 Å². The molecule has 9 unspecified atom stereocenters. The van der Waals surface area contributed by atoms with Gasteiger partial charge in [0.1, 0.15) is 76.1 Å². The van der Waals surface area contributed by atoms with E-state index < -0.39 is 96.0 Å². The Kier molecular flexibility index (Phi) is 8.82. The molecule has 3 aliphatic heterocycles. The molecular formula is C36H35O16+. The zero-order chi connectivity index (χ0) is 37.2. The van der Waals surface area contributed by atoms with Crippen molar-refractivity contribution in [3.05, 3.63) is 94.2 Å². The van der Waals surface area contributed by atoms with E-state index in [1.807, 2.05) is 0 Å². The van der Waals surface area contributed by atoms with Gasteiger partial charge in [0.2, 0.25) is 6.29 Å². The van der Waals surface area contributed by atoms with E-state index in [-0.39, 0.29) is 45.3 Å². The summed E-state index contributed by atoms with van der Waals surface area (Å²) in [5.41, 5.74) is 0.274. The molecule has 52 heavy (non-hydrogen) atoms. The molecule has 16 heteroatoms. The Morgan fingerprint density at radius 2 is 1.33 bits per heavy atom. The van der Waals surface area contributed by atoms with Crippen molar-refractivity contribution in [2.45, 2.75) is 54.9 Å². The van der Waals surface area contributed by atoms with E-state index in [1.165, 1.54) is 48.5 Å². The number of benzene rings is 4. The Hall–Kier alpha value is -5.62. The first kappa shape index (κ1) is 34.8. The summed E-state index contributed by atoms with van der Waals surface area (Å²) in [4.78, 5) is 0. The summed E-state index contributed by atoms with van der Waals surface area (Å²) >= 11 is 0. The van der Waals surface area contributed by atoms with E-state index in [4.69, 9.17) is 18.9 Å². The number of aliphatic hydroxyl groups excluding tert-OH is 5. The fourth-order valence-corrected chi connectivity index (χ4v) is 6.83. The first-order chi connectivity index (χ1) is 24.8. The van der Waals surface area contributed by atoms with E-state index in [0.717, 1.165) is 18.2 Å². The number of hydrogen-bond acceptors (Lipinski definition) is 15. The highest BCUT2D eigenvalue weighted by atomic mass is 16.7. The SMILES string of the molecule is OCC1OC(OC2=Cc3c(O)cc(O)c(C4c5c(O)cc(O)cc5OC(c5ccc(O)c(O)c5)C4O)c3[OH+]C2c2ccc(O)cc2)C(O)C(O)C1O. The van der Waals surface area contributed by atoms with Crippen molar-refractivity contribution >= 4 is 6.08 Å². The monoisotopic (exact) mass is 723 g/mol. The van der Waals surface area contributed by atoms with E-state index >= 15 is 0 Å². The van der Waals surface area contributed by atoms with Gasteiger partial charge in [0.25, 0.3) is 11.9 Å². The summed E-state index contributed by atoms with van der Waals surface area (Å²) in [6.07, 6.45) is -11.1. The lowest BCUT2D eigenvalue weighted by molar-refractivity contribution is -0.295. The lowest BCUT2D eigenvalue weighted by Crippen LogP contribution is -2.59. The third-order valence-corrected chi connectivity index (χ3v) is 9.42. The highest BCUT2D eigenvalue weighted by molar-refractivity contribution is 5.74. The minimum Gasteiger partial charge on any atom is -0.571 e. The first-order valence-corrected chi connectivity index (χ1v) is 16.0. The molecule has 0 spiro atoms. The van der Waals surface area contributed by atoms with Gasteiger partial charge in [-0.05, 0) is 42.0 Å². The van der Waals surface area contributed by atoms with Crippen LogP contribution in [0.3, 0.4) is 0 Å². The number of aromatic hydroxyl groups is 8. The summed E-state index contributed by atoms with van der Waals surface area (Å²) in [5.74, 6) is -4.79. The quantitative estimate of drug-likeness (QED) is 0.0990. The molecule has 274 valence electrons. The molecule has 0 radical (unpaired) electrons. The fraction of sp³-hybridized carbons (Fsp3) is 0.278. The van der Waals surface area contributed by atoms with Crippen LogP contribution in [-0.4, -0.2) is 109 Å². The lowest BCUT2D eigenvalue weighted by atomic mass is 9.78. The number of hydrogen-bond donors (Lipinski definition) is 12. The standard InChI is InChI=1S/C36H34O16/c37-12-25-29(45)31(47)32(48)36(51-25)50-24-10-17-19(41)11-22(44)27(35(17)52-33(24)13-1-4-15(38)5-2-13)28-26-21(43)8-16(39)9-23(26)49-34(30(28)46)14-3-6-18(40)20(42)7-14/h1-11,25,28-34,36-48H,12H2/p+1. The highest BCUT2D eigenvalue weighted by Crippen LogP contribution is 2.58. The largest absolute Gasteiger partial charge is 0.571 e. The smallest absolute Gasteiger partial charge is 0.274 e. The number of fused-ring (bicyclic) bond motifs is 2. The number of phenols is 7. The Bertz CT molecular complexity index is 2030. The Morgan fingerprint density at radius 1 is 0.635 bits per heavy atom.